The van der Waals surface area contributed by atoms with E-state index in [1.54, 1.807) is 17.8 Å². The van der Waals surface area contributed by atoms with Gasteiger partial charge in [0, 0.05) is 30.0 Å². The molecule has 128 valence electrons. The van der Waals surface area contributed by atoms with Gasteiger partial charge in [-0.2, -0.15) is 5.10 Å². The average Bonchev–Trinajstić information content (AvgIpc) is 2.75. The van der Waals surface area contributed by atoms with Crippen LogP contribution in [0.25, 0.3) is 0 Å². The van der Waals surface area contributed by atoms with Gasteiger partial charge in [-0.05, 0) is 46.2 Å². The molecule has 0 aliphatic rings. The topological polar surface area (TPSA) is 76.9 Å². The molecule has 1 N–H and O–H groups in total. The van der Waals surface area contributed by atoms with Crippen LogP contribution in [0.5, 0.6) is 0 Å². The van der Waals surface area contributed by atoms with Gasteiger partial charge in [0.15, 0.2) is 5.78 Å². The van der Waals surface area contributed by atoms with Crippen LogP contribution >= 0.6 is 0 Å². The lowest BCUT2D eigenvalue weighted by Crippen LogP contribution is -2.37. The number of hydrogen-bond donors (Lipinski definition) is 1. The smallest absolute Gasteiger partial charge is 0.241 e. The zero-order chi connectivity index (χ0) is 17.9. The van der Waals surface area contributed by atoms with Gasteiger partial charge in [-0.3, -0.25) is 19.3 Å². The molecule has 2 rings (SSSR count). The van der Waals surface area contributed by atoms with Crippen molar-refractivity contribution < 1.29 is 9.59 Å². The standard InChI is InChI=1S/C18H24N4O2/c1-11-7-6-8-19-16(11)9-12(2)20-17(24)10-22-14(4)18(15(5)23)13(3)21-22/h6-8,12H,9-10H2,1-5H3,(H,20,24)/t12-/m1/s1. The van der Waals surface area contributed by atoms with E-state index in [9.17, 15) is 9.59 Å². The van der Waals surface area contributed by atoms with E-state index in [1.165, 1.54) is 6.92 Å². The van der Waals surface area contributed by atoms with Crippen LogP contribution in [-0.4, -0.2) is 32.5 Å². The lowest BCUT2D eigenvalue weighted by molar-refractivity contribution is -0.122. The fraction of sp³-hybridized carbons (Fsp3) is 0.444. The lowest BCUT2D eigenvalue weighted by Gasteiger charge is -2.15. The van der Waals surface area contributed by atoms with Crippen molar-refractivity contribution >= 4 is 11.7 Å². The van der Waals surface area contributed by atoms with E-state index in [2.05, 4.69) is 15.4 Å². The Kier molecular flexibility index (Phi) is 5.49. The Bertz CT molecular complexity index is 764. The third kappa shape index (κ3) is 4.07. The SMILES string of the molecule is CC(=O)c1c(C)nn(CC(=O)N[C@H](C)Cc2ncccc2C)c1C. The normalized spacial score (nSPS) is 12.0. The van der Waals surface area contributed by atoms with E-state index in [1.807, 2.05) is 32.9 Å². The summed E-state index contributed by atoms with van der Waals surface area (Å²) in [5.41, 5.74) is 4.08. The average molecular weight is 328 g/mol. The molecule has 0 saturated heterocycles. The summed E-state index contributed by atoms with van der Waals surface area (Å²) in [4.78, 5) is 28.3. The van der Waals surface area contributed by atoms with Crippen LogP contribution < -0.4 is 5.32 Å². The number of pyridine rings is 1. The number of aryl methyl sites for hydroxylation is 2. The summed E-state index contributed by atoms with van der Waals surface area (Å²) in [6.45, 7) is 9.17. The first kappa shape index (κ1) is 17.8. The van der Waals surface area contributed by atoms with Gasteiger partial charge < -0.3 is 5.32 Å². The summed E-state index contributed by atoms with van der Waals surface area (Å²) >= 11 is 0. The molecule has 6 nitrogen and oxygen atoms in total. The molecule has 24 heavy (non-hydrogen) atoms. The number of carbonyl (C=O) groups is 2. The van der Waals surface area contributed by atoms with Crippen molar-refractivity contribution in [2.75, 3.05) is 0 Å². The summed E-state index contributed by atoms with van der Waals surface area (Å²) < 4.78 is 1.58. The Morgan fingerprint density at radius 3 is 2.58 bits per heavy atom. The molecule has 1 amide bonds. The van der Waals surface area contributed by atoms with E-state index < -0.39 is 0 Å². The van der Waals surface area contributed by atoms with Gasteiger partial charge in [-0.1, -0.05) is 6.07 Å². The van der Waals surface area contributed by atoms with Crippen LogP contribution in [0.1, 0.15) is 46.9 Å². The molecule has 2 heterocycles. The van der Waals surface area contributed by atoms with Gasteiger partial charge in [0.05, 0.1) is 11.3 Å². The van der Waals surface area contributed by atoms with Crippen molar-refractivity contribution in [2.45, 2.75) is 53.6 Å². The molecule has 2 aromatic heterocycles. The van der Waals surface area contributed by atoms with Gasteiger partial charge in [0.25, 0.3) is 0 Å². The van der Waals surface area contributed by atoms with Crippen molar-refractivity contribution in [1.29, 1.82) is 0 Å². The van der Waals surface area contributed by atoms with Crippen LogP contribution in [-0.2, 0) is 17.8 Å². The Morgan fingerprint density at radius 2 is 2.00 bits per heavy atom. The number of nitrogens with one attached hydrogen (secondary N) is 1. The number of nitrogens with zero attached hydrogens (tertiary/aromatic N) is 3. The highest BCUT2D eigenvalue weighted by Gasteiger charge is 2.17. The molecule has 1 atom stereocenters. The number of ketones is 1. The van der Waals surface area contributed by atoms with Crippen LogP contribution in [0.4, 0.5) is 0 Å². The van der Waals surface area contributed by atoms with Crippen LogP contribution in [0, 0.1) is 20.8 Å². The number of amides is 1. The molecule has 0 saturated carbocycles. The van der Waals surface area contributed by atoms with Crippen LogP contribution in [0.15, 0.2) is 18.3 Å². The summed E-state index contributed by atoms with van der Waals surface area (Å²) in [7, 11) is 0. The Morgan fingerprint density at radius 1 is 1.29 bits per heavy atom. The number of aromatic nitrogens is 3. The van der Waals surface area contributed by atoms with Gasteiger partial charge in [0.2, 0.25) is 5.91 Å². The first-order chi connectivity index (χ1) is 11.3. The maximum Gasteiger partial charge on any atom is 0.241 e. The highest BCUT2D eigenvalue weighted by Crippen LogP contribution is 2.13. The van der Waals surface area contributed by atoms with Crippen molar-refractivity contribution in [3.05, 3.63) is 46.5 Å². The molecule has 0 aliphatic carbocycles. The summed E-state index contributed by atoms with van der Waals surface area (Å²) in [6.07, 6.45) is 2.43. The fourth-order valence-electron chi connectivity index (χ4n) is 2.89. The molecule has 0 aliphatic heterocycles. The first-order valence-corrected chi connectivity index (χ1v) is 8.04. The molecule has 0 radical (unpaired) electrons. The number of carbonyl (C=O) groups excluding carboxylic acids is 2. The molecular weight excluding hydrogens is 304 g/mol. The lowest BCUT2D eigenvalue weighted by atomic mass is 10.1. The zero-order valence-electron chi connectivity index (χ0n) is 14.9. The zero-order valence-corrected chi connectivity index (χ0v) is 14.9. The molecule has 2 aromatic rings. The minimum absolute atomic E-state index is 0.0318. The second kappa shape index (κ2) is 7.38. The number of rotatable bonds is 6. The third-order valence-electron chi connectivity index (χ3n) is 4.05. The van der Waals surface area contributed by atoms with Gasteiger partial charge in [-0.15, -0.1) is 0 Å². The Hall–Kier alpha value is -2.50. The number of Topliss-reactive ketones (excluding diaryl/α,β-unsaturated/α-hetero) is 1. The quantitative estimate of drug-likeness (QED) is 0.824. The molecule has 0 fully saturated rings. The van der Waals surface area contributed by atoms with Crippen LogP contribution in [0.3, 0.4) is 0 Å². The monoisotopic (exact) mass is 328 g/mol. The predicted octanol–water partition coefficient (Wildman–Crippen LogP) is 2.15. The van der Waals surface area contributed by atoms with E-state index in [4.69, 9.17) is 0 Å². The molecule has 6 heteroatoms. The van der Waals surface area contributed by atoms with Crippen molar-refractivity contribution in [1.82, 2.24) is 20.1 Å². The van der Waals surface area contributed by atoms with Crippen molar-refractivity contribution in [2.24, 2.45) is 0 Å². The first-order valence-electron chi connectivity index (χ1n) is 8.04. The maximum atomic E-state index is 12.3. The van der Waals surface area contributed by atoms with Gasteiger partial charge in [0.1, 0.15) is 6.54 Å². The van der Waals surface area contributed by atoms with E-state index >= 15 is 0 Å². The Labute approximate surface area is 142 Å². The van der Waals surface area contributed by atoms with E-state index in [-0.39, 0.29) is 24.3 Å². The van der Waals surface area contributed by atoms with Crippen molar-refractivity contribution in [3.8, 4) is 0 Å². The molecule has 0 aromatic carbocycles. The largest absolute Gasteiger partial charge is 0.352 e. The second-order valence-electron chi connectivity index (χ2n) is 6.20. The molecule has 0 spiro atoms. The molecular formula is C18H24N4O2. The van der Waals surface area contributed by atoms with Gasteiger partial charge >= 0.3 is 0 Å². The summed E-state index contributed by atoms with van der Waals surface area (Å²) in [5, 5.41) is 7.26. The molecule has 0 unspecified atom stereocenters. The van der Waals surface area contributed by atoms with Crippen LogP contribution in [0.2, 0.25) is 0 Å². The summed E-state index contributed by atoms with van der Waals surface area (Å²) in [5.74, 6) is -0.160. The fourth-order valence-corrected chi connectivity index (χ4v) is 2.89. The minimum atomic E-state index is -0.128. The second-order valence-corrected chi connectivity index (χ2v) is 6.20. The Balaban J connectivity index is 2.00. The maximum absolute atomic E-state index is 12.3. The minimum Gasteiger partial charge on any atom is -0.352 e. The highest BCUT2D eigenvalue weighted by molar-refractivity contribution is 5.96. The molecule has 0 bridgehead atoms. The van der Waals surface area contributed by atoms with E-state index in [0.717, 1.165) is 17.0 Å². The van der Waals surface area contributed by atoms with E-state index in [0.29, 0.717) is 17.7 Å². The number of hydrogen-bond acceptors (Lipinski definition) is 4. The third-order valence-corrected chi connectivity index (χ3v) is 4.05. The van der Waals surface area contributed by atoms with Crippen molar-refractivity contribution in [3.63, 3.8) is 0 Å². The highest BCUT2D eigenvalue weighted by atomic mass is 16.2. The predicted molar refractivity (Wildman–Crippen MR) is 92.0 cm³/mol. The summed E-state index contributed by atoms with van der Waals surface area (Å²) in [6, 6.07) is 3.88. The van der Waals surface area contributed by atoms with Gasteiger partial charge in [-0.25, -0.2) is 0 Å².